The van der Waals surface area contributed by atoms with E-state index in [-0.39, 0.29) is 30.8 Å². The lowest BCUT2D eigenvalue weighted by Crippen LogP contribution is -2.52. The summed E-state index contributed by atoms with van der Waals surface area (Å²) in [6, 6.07) is 6.24. The van der Waals surface area contributed by atoms with Crippen LogP contribution in [0.1, 0.15) is 24.0 Å². The minimum atomic E-state index is -0.199. The molecular formula is C22H33N5O3. The third-order valence-corrected chi connectivity index (χ3v) is 5.69. The van der Waals surface area contributed by atoms with Crippen molar-refractivity contribution in [3.8, 4) is 0 Å². The number of carbonyl (C=O) groups excluding carboxylic acids is 3. The maximum Gasteiger partial charge on any atom is 0.243 e. The Morgan fingerprint density at radius 3 is 2.10 bits per heavy atom. The van der Waals surface area contributed by atoms with Gasteiger partial charge in [-0.1, -0.05) is 18.2 Å². The molecule has 1 aliphatic heterocycles. The number of aryl methyl sites for hydroxylation is 2. The van der Waals surface area contributed by atoms with Crippen molar-refractivity contribution in [3.05, 3.63) is 29.3 Å². The Morgan fingerprint density at radius 2 is 1.53 bits per heavy atom. The maximum atomic E-state index is 12.5. The van der Waals surface area contributed by atoms with Crippen LogP contribution in [-0.4, -0.2) is 91.3 Å². The zero-order valence-corrected chi connectivity index (χ0v) is 18.2. The molecule has 3 amide bonds. The summed E-state index contributed by atoms with van der Waals surface area (Å²) >= 11 is 0. The number of anilines is 1. The van der Waals surface area contributed by atoms with Crippen LogP contribution >= 0.6 is 0 Å². The van der Waals surface area contributed by atoms with Crippen molar-refractivity contribution in [1.82, 2.24) is 20.0 Å². The van der Waals surface area contributed by atoms with Crippen LogP contribution in [0.2, 0.25) is 0 Å². The van der Waals surface area contributed by atoms with Gasteiger partial charge in [-0.2, -0.15) is 0 Å². The average Bonchev–Trinajstić information content (AvgIpc) is 3.50. The number of hydrogen-bond acceptors (Lipinski definition) is 5. The lowest BCUT2D eigenvalue weighted by atomic mass is 10.1. The summed E-state index contributed by atoms with van der Waals surface area (Å²) in [6.07, 6.45) is 2.19. The quantitative estimate of drug-likeness (QED) is 0.649. The van der Waals surface area contributed by atoms with Crippen LogP contribution in [0.15, 0.2) is 18.2 Å². The minimum Gasteiger partial charge on any atom is -0.352 e. The van der Waals surface area contributed by atoms with Gasteiger partial charge in [0.15, 0.2) is 0 Å². The highest BCUT2D eigenvalue weighted by Gasteiger charge is 2.26. The molecule has 0 spiro atoms. The number of rotatable bonds is 8. The molecule has 1 aliphatic carbocycles. The summed E-state index contributed by atoms with van der Waals surface area (Å²) in [5.74, 6) is -0.182. The molecule has 1 aromatic carbocycles. The molecule has 1 saturated carbocycles. The van der Waals surface area contributed by atoms with E-state index in [1.165, 1.54) is 4.90 Å². The Bertz CT molecular complexity index is 765. The fourth-order valence-electron chi connectivity index (χ4n) is 3.62. The van der Waals surface area contributed by atoms with Crippen molar-refractivity contribution >= 4 is 23.4 Å². The van der Waals surface area contributed by atoms with Gasteiger partial charge in [0, 0.05) is 45.0 Å². The van der Waals surface area contributed by atoms with E-state index < -0.39 is 0 Å². The van der Waals surface area contributed by atoms with Crippen LogP contribution in [-0.2, 0) is 14.4 Å². The Labute approximate surface area is 178 Å². The molecule has 2 fully saturated rings. The fraction of sp³-hybridized carbons (Fsp3) is 0.591. The number of para-hydroxylation sites is 1. The first-order valence-electron chi connectivity index (χ1n) is 10.7. The number of hydrogen-bond donors (Lipinski definition) is 2. The Hall–Kier alpha value is -2.45. The summed E-state index contributed by atoms with van der Waals surface area (Å²) in [5.41, 5.74) is 2.81. The number of nitrogens with zero attached hydrogens (tertiary/aromatic N) is 3. The van der Waals surface area contributed by atoms with Gasteiger partial charge in [-0.3, -0.25) is 24.2 Å². The fourth-order valence-corrected chi connectivity index (χ4v) is 3.62. The largest absolute Gasteiger partial charge is 0.352 e. The normalized spacial score (nSPS) is 17.4. The molecule has 1 aromatic rings. The number of benzene rings is 1. The lowest BCUT2D eigenvalue weighted by molar-refractivity contribution is -0.134. The van der Waals surface area contributed by atoms with Crippen LogP contribution in [0.3, 0.4) is 0 Å². The van der Waals surface area contributed by atoms with Crippen molar-refractivity contribution in [3.63, 3.8) is 0 Å². The highest BCUT2D eigenvalue weighted by molar-refractivity contribution is 5.95. The zero-order chi connectivity index (χ0) is 21.7. The van der Waals surface area contributed by atoms with Crippen molar-refractivity contribution in [2.24, 2.45) is 0 Å². The van der Waals surface area contributed by atoms with E-state index >= 15 is 0 Å². The van der Waals surface area contributed by atoms with E-state index in [2.05, 4.69) is 20.4 Å². The van der Waals surface area contributed by atoms with E-state index in [4.69, 9.17) is 0 Å². The third kappa shape index (κ3) is 6.53. The monoisotopic (exact) mass is 415 g/mol. The van der Waals surface area contributed by atoms with Gasteiger partial charge in [0.1, 0.15) is 0 Å². The summed E-state index contributed by atoms with van der Waals surface area (Å²) < 4.78 is 0. The molecule has 2 aliphatic rings. The topological polar surface area (TPSA) is 85.0 Å². The second-order valence-corrected chi connectivity index (χ2v) is 8.46. The van der Waals surface area contributed by atoms with Gasteiger partial charge >= 0.3 is 0 Å². The van der Waals surface area contributed by atoms with Gasteiger partial charge in [0.2, 0.25) is 17.7 Å². The molecule has 30 heavy (non-hydrogen) atoms. The molecule has 8 nitrogen and oxygen atoms in total. The average molecular weight is 416 g/mol. The molecule has 164 valence electrons. The zero-order valence-electron chi connectivity index (χ0n) is 18.2. The molecule has 3 rings (SSSR count). The molecule has 0 aromatic heterocycles. The SMILES string of the molecule is Cc1cccc(C)c1NC(=O)CN(C)C(=O)CN1CCN(CC(=O)NC2CC2)CC1. The van der Waals surface area contributed by atoms with E-state index in [0.717, 1.165) is 55.8 Å². The van der Waals surface area contributed by atoms with E-state index in [9.17, 15) is 14.4 Å². The molecule has 1 heterocycles. The summed E-state index contributed by atoms with van der Waals surface area (Å²) in [4.78, 5) is 42.5. The van der Waals surface area contributed by atoms with Crippen LogP contribution in [0.5, 0.6) is 0 Å². The predicted octanol–water partition coefficient (Wildman–Crippen LogP) is 0.597. The molecule has 8 heteroatoms. The van der Waals surface area contributed by atoms with Crippen LogP contribution in [0.25, 0.3) is 0 Å². The summed E-state index contributed by atoms with van der Waals surface area (Å²) in [7, 11) is 1.66. The van der Waals surface area contributed by atoms with Gasteiger partial charge < -0.3 is 15.5 Å². The molecule has 0 bridgehead atoms. The predicted molar refractivity (Wildman–Crippen MR) is 116 cm³/mol. The summed E-state index contributed by atoms with van der Waals surface area (Å²) in [6.45, 7) is 7.65. The second-order valence-electron chi connectivity index (χ2n) is 8.46. The standard InChI is InChI=1S/C22H33N5O3/c1-16-5-4-6-17(2)22(16)24-19(28)13-25(3)21(30)15-27-11-9-26(10-12-27)14-20(29)23-18-7-8-18/h4-6,18H,7-15H2,1-3H3,(H,23,29)(H,24,28). The second kappa shape index (κ2) is 10.0. The van der Waals surface area contributed by atoms with Crippen molar-refractivity contribution in [1.29, 1.82) is 0 Å². The Morgan fingerprint density at radius 1 is 0.967 bits per heavy atom. The first-order valence-corrected chi connectivity index (χ1v) is 10.7. The molecule has 0 atom stereocenters. The lowest BCUT2D eigenvalue weighted by Gasteiger charge is -2.34. The van der Waals surface area contributed by atoms with Crippen LogP contribution < -0.4 is 10.6 Å². The number of piperazine rings is 1. The van der Waals surface area contributed by atoms with E-state index in [0.29, 0.717) is 12.6 Å². The van der Waals surface area contributed by atoms with Crippen LogP contribution in [0.4, 0.5) is 5.69 Å². The molecule has 0 radical (unpaired) electrons. The molecule has 0 unspecified atom stereocenters. The van der Waals surface area contributed by atoms with E-state index in [1.807, 2.05) is 32.0 Å². The van der Waals surface area contributed by atoms with Gasteiger partial charge in [-0.15, -0.1) is 0 Å². The number of nitrogens with one attached hydrogen (secondary N) is 2. The smallest absolute Gasteiger partial charge is 0.243 e. The van der Waals surface area contributed by atoms with Gasteiger partial charge in [0.25, 0.3) is 0 Å². The van der Waals surface area contributed by atoms with Crippen LogP contribution in [0, 0.1) is 13.8 Å². The van der Waals surface area contributed by atoms with Gasteiger partial charge in [-0.05, 0) is 37.8 Å². The van der Waals surface area contributed by atoms with Gasteiger partial charge in [0.05, 0.1) is 19.6 Å². The van der Waals surface area contributed by atoms with Crippen molar-refractivity contribution in [2.45, 2.75) is 32.7 Å². The highest BCUT2D eigenvalue weighted by Crippen LogP contribution is 2.19. The van der Waals surface area contributed by atoms with Crippen molar-refractivity contribution in [2.75, 3.05) is 58.2 Å². The summed E-state index contributed by atoms with van der Waals surface area (Å²) in [5, 5.41) is 5.93. The Kier molecular flexibility index (Phi) is 7.44. The molecular weight excluding hydrogens is 382 g/mol. The highest BCUT2D eigenvalue weighted by atomic mass is 16.2. The van der Waals surface area contributed by atoms with Crippen molar-refractivity contribution < 1.29 is 14.4 Å². The molecule has 1 saturated heterocycles. The first-order chi connectivity index (χ1) is 14.3. The van der Waals surface area contributed by atoms with E-state index in [1.54, 1.807) is 7.05 Å². The number of amides is 3. The first kappa shape index (κ1) is 22.2. The maximum absolute atomic E-state index is 12.5. The minimum absolute atomic E-state index is 0.0217. The molecule has 2 N–H and O–H groups in total. The number of likely N-dealkylation sites (N-methyl/N-ethyl adjacent to an activating group) is 1. The number of carbonyl (C=O) groups is 3. The van der Waals surface area contributed by atoms with Gasteiger partial charge in [-0.25, -0.2) is 0 Å². The third-order valence-electron chi connectivity index (χ3n) is 5.69. The Balaban J connectivity index is 1.38.